The highest BCUT2D eigenvalue weighted by Gasteiger charge is 2.41. The van der Waals surface area contributed by atoms with Crippen LogP contribution in [0.1, 0.15) is 76.7 Å². The SMILES string of the molecule is C[C@@H]1CN(C(=O)[C@@H](Cc2ccc(Cl)cc2)NC2CCC(N3CCOC3=O)CC2)CC[C@H]1N(C(=O)N(C)C)C1CCCCC1.Cl. The van der Waals surface area contributed by atoms with Gasteiger partial charge in [0.25, 0.3) is 0 Å². The van der Waals surface area contributed by atoms with E-state index in [1.165, 1.54) is 19.3 Å². The molecule has 0 bridgehead atoms. The van der Waals surface area contributed by atoms with Crippen molar-refractivity contribution in [1.82, 2.24) is 24.9 Å². The van der Waals surface area contributed by atoms with E-state index in [2.05, 4.69) is 17.1 Å². The van der Waals surface area contributed by atoms with Crippen molar-refractivity contribution in [3.8, 4) is 0 Å². The van der Waals surface area contributed by atoms with Crippen LogP contribution in [0, 0.1) is 5.92 Å². The van der Waals surface area contributed by atoms with E-state index in [1.54, 1.807) is 4.90 Å². The van der Waals surface area contributed by atoms with Crippen molar-refractivity contribution in [3.63, 3.8) is 0 Å². The molecule has 2 aliphatic carbocycles. The minimum atomic E-state index is -0.346. The Morgan fingerprint density at radius 3 is 2.27 bits per heavy atom. The van der Waals surface area contributed by atoms with E-state index in [0.717, 1.165) is 50.5 Å². The van der Waals surface area contributed by atoms with Crippen LogP contribution in [-0.2, 0) is 16.0 Å². The first-order chi connectivity index (χ1) is 20.7. The van der Waals surface area contributed by atoms with Gasteiger partial charge in [-0.3, -0.25) is 4.79 Å². The second kappa shape index (κ2) is 15.9. The Kier molecular flexibility index (Phi) is 12.5. The van der Waals surface area contributed by atoms with Gasteiger partial charge in [-0.05, 0) is 75.0 Å². The summed E-state index contributed by atoms with van der Waals surface area (Å²) in [5, 5.41) is 4.43. The minimum Gasteiger partial charge on any atom is -0.448 e. The predicted octanol–water partition coefficient (Wildman–Crippen LogP) is 5.58. The Morgan fingerprint density at radius 2 is 1.68 bits per heavy atom. The first-order valence-electron chi connectivity index (χ1n) is 16.4. The number of carbonyl (C=O) groups excluding carboxylic acids is 3. The highest BCUT2D eigenvalue weighted by Crippen LogP contribution is 2.32. The first-order valence-corrected chi connectivity index (χ1v) is 16.8. The molecular weight excluding hydrogens is 601 g/mol. The van der Waals surface area contributed by atoms with Gasteiger partial charge in [-0.1, -0.05) is 49.9 Å². The molecule has 2 saturated heterocycles. The first kappa shape index (κ1) is 34.6. The van der Waals surface area contributed by atoms with Gasteiger partial charge in [0.2, 0.25) is 5.91 Å². The Balaban J connectivity index is 0.00000442. The highest BCUT2D eigenvalue weighted by molar-refractivity contribution is 6.30. The third-order valence-electron chi connectivity index (χ3n) is 10.1. The average molecular weight is 653 g/mol. The predicted molar refractivity (Wildman–Crippen MR) is 175 cm³/mol. The summed E-state index contributed by atoms with van der Waals surface area (Å²) in [6.45, 7) is 4.66. The molecule has 1 aromatic rings. The second-order valence-electron chi connectivity index (χ2n) is 13.4. The van der Waals surface area contributed by atoms with Gasteiger partial charge >= 0.3 is 12.1 Å². The molecule has 2 heterocycles. The Bertz CT molecular complexity index is 1110. The van der Waals surface area contributed by atoms with Gasteiger partial charge in [0.15, 0.2) is 0 Å². The summed E-state index contributed by atoms with van der Waals surface area (Å²) in [7, 11) is 3.69. The maximum atomic E-state index is 14.2. The highest BCUT2D eigenvalue weighted by atomic mass is 35.5. The lowest BCUT2D eigenvalue weighted by Gasteiger charge is -2.48. The monoisotopic (exact) mass is 651 g/mol. The third kappa shape index (κ3) is 8.32. The standard InChI is InChI=1S/C33H50ClN5O4.ClH/c1-23-22-37(18-17-30(23)39(32(41)36(2)3)28-7-5-4-6-8-28)31(40)29(21-24-9-11-25(34)12-10-24)35-26-13-15-27(16-14-26)38-19-20-43-33(38)42;/h9-12,23,26-30,35H,4-8,13-22H2,1-3H3;1H/t23-,26?,27?,29-,30-;/m1./s1. The normalized spacial score (nSPS) is 26.9. The van der Waals surface area contributed by atoms with Crippen molar-refractivity contribution in [2.24, 2.45) is 5.92 Å². The number of cyclic esters (lactones) is 1. The molecule has 2 aliphatic heterocycles. The number of urea groups is 1. The summed E-state index contributed by atoms with van der Waals surface area (Å²) in [6, 6.07) is 8.38. The number of benzene rings is 1. The van der Waals surface area contributed by atoms with Gasteiger partial charge < -0.3 is 29.7 Å². The topological polar surface area (TPSA) is 85.4 Å². The molecule has 4 amide bonds. The number of ether oxygens (including phenoxy) is 1. The van der Waals surface area contributed by atoms with Gasteiger partial charge in [0.1, 0.15) is 6.61 Å². The maximum absolute atomic E-state index is 14.2. The van der Waals surface area contributed by atoms with Gasteiger partial charge in [0.05, 0.1) is 12.6 Å². The van der Waals surface area contributed by atoms with Crippen molar-refractivity contribution in [2.75, 3.05) is 40.3 Å². The number of carbonyl (C=O) groups is 3. The van der Waals surface area contributed by atoms with Crippen LogP contribution in [0.5, 0.6) is 0 Å². The van der Waals surface area contributed by atoms with Crippen molar-refractivity contribution in [1.29, 1.82) is 0 Å². The summed E-state index contributed by atoms with van der Waals surface area (Å²) in [5.41, 5.74) is 1.08. The molecule has 5 rings (SSSR count). The molecule has 0 aromatic heterocycles. The average Bonchev–Trinajstić information content (AvgIpc) is 3.45. The fourth-order valence-corrected chi connectivity index (χ4v) is 7.90. The zero-order chi connectivity index (χ0) is 30.5. The quantitative estimate of drug-likeness (QED) is 0.397. The molecule has 3 atom stereocenters. The van der Waals surface area contributed by atoms with Crippen molar-refractivity contribution in [3.05, 3.63) is 34.9 Å². The van der Waals surface area contributed by atoms with E-state index < -0.39 is 0 Å². The van der Waals surface area contributed by atoms with E-state index in [0.29, 0.717) is 37.7 Å². The summed E-state index contributed by atoms with van der Waals surface area (Å²) in [4.78, 5) is 47.5. The van der Waals surface area contributed by atoms with E-state index >= 15 is 0 Å². The van der Waals surface area contributed by atoms with E-state index in [4.69, 9.17) is 16.3 Å². The van der Waals surface area contributed by atoms with Crippen LogP contribution >= 0.6 is 24.0 Å². The number of likely N-dealkylation sites (tertiary alicyclic amines) is 1. The number of hydrogen-bond acceptors (Lipinski definition) is 5. The van der Waals surface area contributed by atoms with Crippen molar-refractivity contribution < 1.29 is 19.1 Å². The van der Waals surface area contributed by atoms with E-state index in [1.807, 2.05) is 48.2 Å². The molecule has 1 N–H and O–H groups in total. The van der Waals surface area contributed by atoms with Crippen LogP contribution < -0.4 is 5.32 Å². The van der Waals surface area contributed by atoms with Crippen LogP contribution in [0.2, 0.25) is 5.02 Å². The Hall–Kier alpha value is -2.23. The lowest BCUT2D eigenvalue weighted by atomic mass is 9.87. The fraction of sp³-hybridized carbons (Fsp3) is 0.727. The zero-order valence-electron chi connectivity index (χ0n) is 26.6. The molecule has 0 spiro atoms. The lowest BCUT2D eigenvalue weighted by Crippen LogP contribution is -2.60. The largest absolute Gasteiger partial charge is 0.448 e. The molecule has 0 unspecified atom stereocenters. The Morgan fingerprint density at radius 1 is 1.00 bits per heavy atom. The zero-order valence-corrected chi connectivity index (χ0v) is 28.2. The molecule has 11 heteroatoms. The number of rotatable bonds is 8. The van der Waals surface area contributed by atoms with E-state index in [9.17, 15) is 14.4 Å². The van der Waals surface area contributed by atoms with Crippen LogP contribution in [0.15, 0.2) is 24.3 Å². The number of nitrogens with zero attached hydrogens (tertiary/aromatic N) is 4. The van der Waals surface area contributed by atoms with Crippen LogP contribution in [0.25, 0.3) is 0 Å². The Labute approximate surface area is 274 Å². The summed E-state index contributed by atoms with van der Waals surface area (Å²) in [6.07, 6.45) is 10.6. The molecule has 0 radical (unpaired) electrons. The lowest BCUT2D eigenvalue weighted by molar-refractivity contribution is -0.136. The van der Waals surface area contributed by atoms with Crippen molar-refractivity contribution in [2.45, 2.75) is 108 Å². The van der Waals surface area contributed by atoms with Crippen LogP contribution in [0.4, 0.5) is 9.59 Å². The number of amides is 4. The molecule has 44 heavy (non-hydrogen) atoms. The molecule has 246 valence electrons. The number of halogens is 2. The van der Waals surface area contributed by atoms with Gasteiger partial charge in [-0.25, -0.2) is 9.59 Å². The van der Waals surface area contributed by atoms with E-state index in [-0.39, 0.29) is 66.6 Å². The minimum absolute atomic E-state index is 0. The van der Waals surface area contributed by atoms with Gasteiger partial charge in [-0.15, -0.1) is 12.4 Å². The summed E-state index contributed by atoms with van der Waals surface area (Å²) < 4.78 is 5.16. The smallest absolute Gasteiger partial charge is 0.410 e. The molecule has 2 saturated carbocycles. The van der Waals surface area contributed by atoms with Gasteiger partial charge in [-0.2, -0.15) is 0 Å². The maximum Gasteiger partial charge on any atom is 0.410 e. The molecule has 4 fully saturated rings. The fourth-order valence-electron chi connectivity index (χ4n) is 7.78. The van der Waals surface area contributed by atoms with Crippen LogP contribution in [0.3, 0.4) is 0 Å². The number of hydrogen-bond donors (Lipinski definition) is 1. The van der Waals surface area contributed by atoms with Crippen molar-refractivity contribution >= 4 is 42.0 Å². The number of nitrogens with one attached hydrogen (secondary N) is 1. The third-order valence-corrected chi connectivity index (χ3v) is 10.4. The van der Waals surface area contributed by atoms with Gasteiger partial charge in [0, 0.05) is 56.4 Å². The second-order valence-corrected chi connectivity index (χ2v) is 13.8. The molecule has 9 nitrogen and oxygen atoms in total. The number of piperidine rings is 1. The molecule has 4 aliphatic rings. The molecule has 1 aromatic carbocycles. The van der Waals surface area contributed by atoms with Crippen LogP contribution in [-0.4, -0.2) is 108 Å². The summed E-state index contributed by atoms with van der Waals surface area (Å²) in [5.74, 6) is 0.323. The summed E-state index contributed by atoms with van der Waals surface area (Å²) >= 11 is 6.16. The molecular formula is C33H51Cl2N5O4.